The van der Waals surface area contributed by atoms with E-state index in [1.54, 1.807) is 0 Å². The lowest BCUT2D eigenvalue weighted by molar-refractivity contribution is -0.384. The number of nitro benzene ring substituents is 1. The molecular weight excluding hydrogens is 272 g/mol. The Morgan fingerprint density at radius 3 is 2.67 bits per heavy atom. The van der Waals surface area contributed by atoms with E-state index in [9.17, 15) is 14.9 Å². The minimum Gasteiger partial charge on any atom is -0.351 e. The van der Waals surface area contributed by atoms with Crippen molar-refractivity contribution in [2.75, 3.05) is 12.0 Å². The molecule has 0 aliphatic heterocycles. The smallest absolute Gasteiger partial charge is 0.293 e. The van der Waals surface area contributed by atoms with E-state index in [2.05, 4.69) is 10.7 Å². The van der Waals surface area contributed by atoms with E-state index in [4.69, 9.17) is 5.84 Å². The number of nitrogens with zero attached hydrogens (tertiary/aromatic N) is 1. The van der Waals surface area contributed by atoms with Gasteiger partial charge in [-0.05, 0) is 49.1 Å². The fourth-order valence-electron chi connectivity index (χ4n) is 2.90. The Morgan fingerprint density at radius 1 is 1.43 bits per heavy atom. The zero-order valence-electron chi connectivity index (χ0n) is 11.6. The van der Waals surface area contributed by atoms with Crippen LogP contribution in [0.2, 0.25) is 0 Å². The molecule has 0 atom stereocenters. The highest BCUT2D eigenvalue weighted by molar-refractivity contribution is 5.95. The summed E-state index contributed by atoms with van der Waals surface area (Å²) >= 11 is 0. The van der Waals surface area contributed by atoms with Crippen molar-refractivity contribution in [3.63, 3.8) is 0 Å². The molecule has 2 aliphatic rings. The van der Waals surface area contributed by atoms with Crippen LogP contribution in [-0.2, 0) is 0 Å². The van der Waals surface area contributed by atoms with Crippen LogP contribution in [0.4, 0.5) is 11.4 Å². The number of nitrogens with one attached hydrogen (secondary N) is 2. The summed E-state index contributed by atoms with van der Waals surface area (Å²) in [6.07, 6.45) is 4.92. The molecule has 112 valence electrons. The first-order valence-corrected chi connectivity index (χ1v) is 7.09. The highest BCUT2D eigenvalue weighted by Gasteiger charge is 2.53. The molecule has 0 saturated heterocycles. The molecule has 2 saturated carbocycles. The molecule has 2 fully saturated rings. The number of nitrogens with two attached hydrogens (primary N) is 1. The minimum atomic E-state index is -0.539. The van der Waals surface area contributed by atoms with E-state index in [-0.39, 0.29) is 17.3 Å². The summed E-state index contributed by atoms with van der Waals surface area (Å²) in [6.45, 7) is 0.693. The summed E-state index contributed by atoms with van der Waals surface area (Å²) in [5.74, 6) is 5.83. The second kappa shape index (κ2) is 5.00. The highest BCUT2D eigenvalue weighted by atomic mass is 16.6. The van der Waals surface area contributed by atoms with Gasteiger partial charge in [0.05, 0.1) is 4.92 Å². The molecule has 7 nitrogen and oxygen atoms in total. The van der Waals surface area contributed by atoms with Crippen molar-refractivity contribution in [2.45, 2.75) is 25.7 Å². The van der Waals surface area contributed by atoms with Crippen molar-refractivity contribution < 1.29 is 9.72 Å². The van der Waals surface area contributed by atoms with Gasteiger partial charge in [-0.3, -0.25) is 20.8 Å². The summed E-state index contributed by atoms with van der Waals surface area (Å²) in [4.78, 5) is 22.4. The quantitative estimate of drug-likeness (QED) is 0.420. The van der Waals surface area contributed by atoms with Crippen molar-refractivity contribution in [3.05, 3.63) is 33.9 Å². The van der Waals surface area contributed by atoms with Crippen LogP contribution in [0.3, 0.4) is 0 Å². The van der Waals surface area contributed by atoms with Crippen LogP contribution < -0.4 is 16.6 Å². The predicted octanol–water partition coefficient (Wildman–Crippen LogP) is 1.80. The van der Waals surface area contributed by atoms with Crippen LogP contribution in [0, 0.1) is 21.4 Å². The molecule has 21 heavy (non-hydrogen) atoms. The lowest BCUT2D eigenvalue weighted by atomic mass is 10.0. The van der Waals surface area contributed by atoms with Gasteiger partial charge in [0.1, 0.15) is 5.69 Å². The monoisotopic (exact) mass is 290 g/mol. The van der Waals surface area contributed by atoms with E-state index in [1.165, 1.54) is 43.9 Å². The third-order valence-electron chi connectivity index (χ3n) is 4.55. The average Bonchev–Trinajstić information content (AvgIpc) is 3.36. The van der Waals surface area contributed by atoms with Crippen molar-refractivity contribution in [3.8, 4) is 0 Å². The van der Waals surface area contributed by atoms with Crippen LogP contribution in [-0.4, -0.2) is 17.4 Å². The fourth-order valence-corrected chi connectivity index (χ4v) is 2.90. The van der Waals surface area contributed by atoms with E-state index >= 15 is 0 Å². The van der Waals surface area contributed by atoms with Gasteiger partial charge in [-0.15, -0.1) is 0 Å². The summed E-state index contributed by atoms with van der Waals surface area (Å²) in [5.41, 5.74) is 2.95. The molecule has 0 heterocycles. The normalized spacial score (nSPS) is 18.9. The van der Waals surface area contributed by atoms with Crippen molar-refractivity contribution in [1.82, 2.24) is 5.32 Å². The Morgan fingerprint density at radius 2 is 2.14 bits per heavy atom. The van der Waals surface area contributed by atoms with Crippen LogP contribution in [0.25, 0.3) is 0 Å². The van der Waals surface area contributed by atoms with Crippen molar-refractivity contribution in [2.24, 2.45) is 17.2 Å². The lowest BCUT2D eigenvalue weighted by Crippen LogP contribution is -2.31. The summed E-state index contributed by atoms with van der Waals surface area (Å²) in [5, 5.41) is 13.8. The number of hydrogen-bond acceptors (Lipinski definition) is 5. The standard InChI is InChI=1S/C14H18N4O3/c15-17-11-7-9(1-4-12(11)18(20)21)13(19)16-8-14(5-6-14)10-2-3-10/h1,4,7,10,17H,2-3,5-6,8,15H2,(H,16,19). The zero-order valence-corrected chi connectivity index (χ0v) is 11.6. The van der Waals surface area contributed by atoms with E-state index in [0.29, 0.717) is 17.5 Å². The number of nitro groups is 1. The van der Waals surface area contributed by atoms with Crippen LogP contribution >= 0.6 is 0 Å². The molecule has 0 aromatic heterocycles. The fraction of sp³-hybridized carbons (Fsp3) is 0.500. The number of benzene rings is 1. The Bertz CT molecular complexity index is 594. The van der Waals surface area contributed by atoms with Gasteiger partial charge in [0.15, 0.2) is 0 Å². The number of carbonyl (C=O) groups excluding carboxylic acids is 1. The first-order valence-electron chi connectivity index (χ1n) is 7.09. The van der Waals surface area contributed by atoms with Crippen LogP contribution in [0.5, 0.6) is 0 Å². The largest absolute Gasteiger partial charge is 0.351 e. The molecule has 0 unspecified atom stereocenters. The molecule has 1 aromatic rings. The number of hydrogen-bond donors (Lipinski definition) is 3. The Hall–Kier alpha value is -2.15. The van der Waals surface area contributed by atoms with Crippen molar-refractivity contribution >= 4 is 17.3 Å². The third kappa shape index (κ3) is 2.69. The van der Waals surface area contributed by atoms with Gasteiger partial charge in [-0.1, -0.05) is 0 Å². The van der Waals surface area contributed by atoms with Crippen LogP contribution in [0.1, 0.15) is 36.0 Å². The zero-order chi connectivity index (χ0) is 15.0. The van der Waals surface area contributed by atoms with E-state index in [1.807, 2.05) is 0 Å². The SMILES string of the molecule is NNc1cc(C(=O)NCC2(C3CC3)CC2)ccc1[N+](=O)[O-]. The molecule has 0 radical (unpaired) electrons. The summed E-state index contributed by atoms with van der Waals surface area (Å²) in [7, 11) is 0. The number of carbonyl (C=O) groups is 1. The number of hydrazine groups is 1. The maximum absolute atomic E-state index is 12.2. The molecule has 3 rings (SSSR count). The maximum atomic E-state index is 12.2. The highest BCUT2D eigenvalue weighted by Crippen LogP contribution is 2.60. The molecule has 2 aliphatic carbocycles. The Labute approximate surface area is 122 Å². The van der Waals surface area contributed by atoms with Crippen molar-refractivity contribution in [1.29, 1.82) is 0 Å². The average molecular weight is 290 g/mol. The molecule has 4 N–H and O–H groups in total. The number of rotatable bonds is 6. The predicted molar refractivity (Wildman–Crippen MR) is 77.6 cm³/mol. The van der Waals surface area contributed by atoms with Gasteiger partial charge in [-0.2, -0.15) is 0 Å². The Balaban J connectivity index is 1.68. The number of nitrogen functional groups attached to an aromatic ring is 1. The summed E-state index contributed by atoms with van der Waals surface area (Å²) in [6, 6.07) is 4.15. The first kappa shape index (κ1) is 13.8. The second-order valence-corrected chi connectivity index (χ2v) is 5.95. The molecule has 1 amide bonds. The van der Waals surface area contributed by atoms with Gasteiger partial charge >= 0.3 is 0 Å². The molecule has 7 heteroatoms. The second-order valence-electron chi connectivity index (χ2n) is 5.95. The van der Waals surface area contributed by atoms with Gasteiger partial charge < -0.3 is 10.7 Å². The first-order chi connectivity index (χ1) is 10.1. The lowest BCUT2D eigenvalue weighted by Gasteiger charge is -2.15. The topological polar surface area (TPSA) is 110 Å². The van der Waals surface area contributed by atoms with Crippen LogP contribution in [0.15, 0.2) is 18.2 Å². The van der Waals surface area contributed by atoms with Gasteiger partial charge in [0.2, 0.25) is 0 Å². The van der Waals surface area contributed by atoms with E-state index < -0.39 is 4.92 Å². The van der Waals surface area contributed by atoms with Gasteiger partial charge in [0.25, 0.3) is 11.6 Å². The summed E-state index contributed by atoms with van der Waals surface area (Å²) < 4.78 is 0. The molecular formula is C14H18N4O3. The van der Waals surface area contributed by atoms with Gasteiger partial charge in [0, 0.05) is 18.2 Å². The maximum Gasteiger partial charge on any atom is 0.293 e. The molecule has 1 aromatic carbocycles. The third-order valence-corrected chi connectivity index (χ3v) is 4.55. The number of amides is 1. The molecule has 0 spiro atoms. The van der Waals surface area contributed by atoms with E-state index in [0.717, 1.165) is 5.92 Å². The Kier molecular flexibility index (Phi) is 3.29. The molecule has 0 bridgehead atoms. The number of anilines is 1. The van der Waals surface area contributed by atoms with Gasteiger partial charge in [-0.25, -0.2) is 0 Å². The minimum absolute atomic E-state index is 0.135.